The quantitative estimate of drug-likeness (QED) is 0.579. The van der Waals surface area contributed by atoms with Crippen LogP contribution in [-0.2, 0) is 0 Å². The number of fused-ring (bicyclic) bond motifs is 1. The number of carbonyl (C=O) groups excluding carboxylic acids is 2. The lowest BCUT2D eigenvalue weighted by Gasteiger charge is -2.03. The molecule has 0 fully saturated rings. The first-order valence-corrected chi connectivity index (χ1v) is 7.83. The van der Waals surface area contributed by atoms with E-state index >= 15 is 0 Å². The molecule has 0 bridgehead atoms. The first-order chi connectivity index (χ1) is 11.2. The second-order valence-electron chi connectivity index (χ2n) is 5.20. The Bertz CT molecular complexity index is 706. The van der Waals surface area contributed by atoms with Crippen LogP contribution >= 0.6 is 0 Å². The van der Waals surface area contributed by atoms with Crippen molar-refractivity contribution in [1.82, 2.24) is 20.0 Å². The van der Waals surface area contributed by atoms with Crippen molar-refractivity contribution in [2.24, 2.45) is 0 Å². The van der Waals surface area contributed by atoms with E-state index in [4.69, 9.17) is 0 Å². The lowest BCUT2D eigenvalue weighted by Crippen LogP contribution is -2.27. The largest absolute Gasteiger partial charge is 0.349 e. The number of hydrogen-bond donors (Lipinski definition) is 2. The van der Waals surface area contributed by atoms with E-state index in [0.717, 1.165) is 19.3 Å². The number of nitrogens with zero attached hydrogens (tertiary/aromatic N) is 2. The Morgan fingerprint density at radius 2 is 2.09 bits per heavy atom. The Balaban J connectivity index is 2.24. The molecule has 2 amide bonds. The molecule has 2 rings (SSSR count). The number of unbranched alkanes of at least 4 members (excludes halogenated alkanes) is 2. The molecule has 0 aliphatic heterocycles. The summed E-state index contributed by atoms with van der Waals surface area (Å²) >= 11 is 0. The lowest BCUT2D eigenvalue weighted by molar-refractivity contribution is 0.0942. The smallest absolute Gasteiger partial charge is 0.287 e. The number of imidazole rings is 1. The van der Waals surface area contributed by atoms with E-state index in [0.29, 0.717) is 18.6 Å². The van der Waals surface area contributed by atoms with E-state index in [2.05, 4.69) is 29.1 Å². The van der Waals surface area contributed by atoms with Crippen LogP contribution in [0.1, 0.15) is 47.3 Å². The standard InChI is InChI=1S/C17H22N4O2/c1-3-5-7-11-19-17(23)15-20-14(16(22)18-10-4-2)13-9-6-8-12-21(13)15/h4,6,8-9,12H,2-3,5,7,10-11H2,1H3,(H,18,22)(H,19,23). The maximum Gasteiger partial charge on any atom is 0.287 e. The van der Waals surface area contributed by atoms with Crippen molar-refractivity contribution in [1.29, 1.82) is 0 Å². The Morgan fingerprint density at radius 3 is 2.83 bits per heavy atom. The molecule has 0 aliphatic rings. The highest BCUT2D eigenvalue weighted by molar-refractivity contribution is 6.02. The fourth-order valence-electron chi connectivity index (χ4n) is 2.27. The maximum absolute atomic E-state index is 12.3. The van der Waals surface area contributed by atoms with Crippen molar-refractivity contribution < 1.29 is 9.59 Å². The van der Waals surface area contributed by atoms with Crippen LogP contribution in [0.25, 0.3) is 5.52 Å². The third kappa shape index (κ3) is 3.97. The van der Waals surface area contributed by atoms with Gasteiger partial charge in [-0.15, -0.1) is 6.58 Å². The molecule has 0 aromatic carbocycles. The van der Waals surface area contributed by atoms with Crippen LogP contribution in [-0.4, -0.2) is 34.3 Å². The van der Waals surface area contributed by atoms with E-state index in [1.807, 2.05) is 6.07 Å². The summed E-state index contributed by atoms with van der Waals surface area (Å²) in [7, 11) is 0. The zero-order chi connectivity index (χ0) is 16.7. The van der Waals surface area contributed by atoms with Gasteiger partial charge in [-0.25, -0.2) is 4.98 Å². The molecule has 6 heteroatoms. The molecule has 23 heavy (non-hydrogen) atoms. The molecule has 2 N–H and O–H groups in total. The molecule has 0 saturated heterocycles. The molecule has 0 spiro atoms. The van der Waals surface area contributed by atoms with Crippen molar-refractivity contribution in [3.05, 3.63) is 48.6 Å². The zero-order valence-corrected chi connectivity index (χ0v) is 13.3. The first kappa shape index (κ1) is 16.7. The second kappa shape index (κ2) is 8.12. The SMILES string of the molecule is C=CCNC(=O)c1nc(C(=O)NCCCCC)n2ccccc12. The van der Waals surface area contributed by atoms with Crippen molar-refractivity contribution in [3.63, 3.8) is 0 Å². The van der Waals surface area contributed by atoms with Crippen LogP contribution in [0.4, 0.5) is 0 Å². The van der Waals surface area contributed by atoms with Gasteiger partial charge >= 0.3 is 0 Å². The molecule has 2 aromatic rings. The summed E-state index contributed by atoms with van der Waals surface area (Å²) in [6.45, 7) is 6.63. The average Bonchev–Trinajstić information content (AvgIpc) is 2.96. The third-order valence-corrected chi connectivity index (χ3v) is 3.44. The number of rotatable bonds is 8. The Hall–Kier alpha value is -2.63. The molecule has 2 heterocycles. The van der Waals surface area contributed by atoms with Gasteiger partial charge in [0.25, 0.3) is 11.8 Å². The molecule has 0 atom stereocenters. The maximum atomic E-state index is 12.3. The Kier molecular flexibility index (Phi) is 5.91. The molecule has 0 unspecified atom stereocenters. The number of nitrogens with one attached hydrogen (secondary N) is 2. The lowest BCUT2D eigenvalue weighted by atomic mass is 10.2. The van der Waals surface area contributed by atoms with Crippen molar-refractivity contribution in [2.75, 3.05) is 13.1 Å². The van der Waals surface area contributed by atoms with Crippen molar-refractivity contribution >= 4 is 17.3 Å². The van der Waals surface area contributed by atoms with Gasteiger partial charge in [-0.2, -0.15) is 0 Å². The van der Waals surface area contributed by atoms with Gasteiger partial charge in [0, 0.05) is 19.3 Å². The molecule has 0 radical (unpaired) electrons. The average molecular weight is 314 g/mol. The number of amides is 2. The van der Waals surface area contributed by atoms with Gasteiger partial charge in [-0.3, -0.25) is 14.0 Å². The van der Waals surface area contributed by atoms with Crippen molar-refractivity contribution in [3.8, 4) is 0 Å². The van der Waals surface area contributed by atoms with Gasteiger partial charge in [0.2, 0.25) is 5.82 Å². The highest BCUT2D eigenvalue weighted by Crippen LogP contribution is 2.13. The first-order valence-electron chi connectivity index (χ1n) is 7.83. The predicted octanol–water partition coefficient (Wildman–Crippen LogP) is 2.17. The van der Waals surface area contributed by atoms with Gasteiger partial charge in [0.1, 0.15) is 0 Å². The van der Waals surface area contributed by atoms with Gasteiger partial charge in [0.05, 0.1) is 5.52 Å². The number of carbonyl (C=O) groups is 2. The van der Waals surface area contributed by atoms with Crippen LogP contribution in [0.5, 0.6) is 0 Å². The monoisotopic (exact) mass is 314 g/mol. The molecular formula is C17H22N4O2. The summed E-state index contributed by atoms with van der Waals surface area (Å²) in [5.41, 5.74) is 0.846. The molecule has 0 aliphatic carbocycles. The normalized spacial score (nSPS) is 10.5. The van der Waals surface area contributed by atoms with Crippen LogP contribution < -0.4 is 10.6 Å². The summed E-state index contributed by atoms with van der Waals surface area (Å²) in [6.07, 6.45) is 6.41. The summed E-state index contributed by atoms with van der Waals surface area (Å²) in [5, 5.41) is 5.54. The van der Waals surface area contributed by atoms with Crippen molar-refractivity contribution in [2.45, 2.75) is 26.2 Å². The number of hydrogen-bond acceptors (Lipinski definition) is 3. The van der Waals surface area contributed by atoms with Crippen LogP contribution in [0, 0.1) is 0 Å². The Labute approximate surface area is 135 Å². The third-order valence-electron chi connectivity index (χ3n) is 3.44. The number of aromatic nitrogens is 2. The fourth-order valence-corrected chi connectivity index (χ4v) is 2.27. The van der Waals surface area contributed by atoms with Gasteiger partial charge in [-0.05, 0) is 18.6 Å². The minimum Gasteiger partial charge on any atom is -0.349 e. The van der Waals surface area contributed by atoms with E-state index in [1.54, 1.807) is 28.8 Å². The fraction of sp³-hybridized carbons (Fsp3) is 0.353. The molecular weight excluding hydrogens is 292 g/mol. The second-order valence-corrected chi connectivity index (χ2v) is 5.20. The minimum atomic E-state index is -0.321. The van der Waals surface area contributed by atoms with E-state index < -0.39 is 0 Å². The predicted molar refractivity (Wildman–Crippen MR) is 89.6 cm³/mol. The molecule has 2 aromatic heterocycles. The molecule has 6 nitrogen and oxygen atoms in total. The highest BCUT2D eigenvalue weighted by Gasteiger charge is 2.20. The summed E-state index contributed by atoms with van der Waals surface area (Å²) < 4.78 is 1.64. The van der Waals surface area contributed by atoms with Crippen LogP contribution in [0.15, 0.2) is 37.1 Å². The molecule has 122 valence electrons. The summed E-state index contributed by atoms with van der Waals surface area (Å²) in [6, 6.07) is 5.38. The van der Waals surface area contributed by atoms with Gasteiger partial charge < -0.3 is 10.6 Å². The summed E-state index contributed by atoms with van der Waals surface area (Å²) in [4.78, 5) is 28.8. The van der Waals surface area contributed by atoms with E-state index in [-0.39, 0.29) is 23.3 Å². The summed E-state index contributed by atoms with van der Waals surface area (Å²) in [5.74, 6) is -0.371. The van der Waals surface area contributed by atoms with Crippen LogP contribution in [0.2, 0.25) is 0 Å². The molecule has 0 saturated carbocycles. The van der Waals surface area contributed by atoms with E-state index in [9.17, 15) is 9.59 Å². The highest BCUT2D eigenvalue weighted by atomic mass is 16.2. The van der Waals surface area contributed by atoms with Gasteiger partial charge in [-0.1, -0.05) is 31.9 Å². The van der Waals surface area contributed by atoms with Gasteiger partial charge in [0.15, 0.2) is 5.69 Å². The zero-order valence-electron chi connectivity index (χ0n) is 13.3. The topological polar surface area (TPSA) is 75.5 Å². The Morgan fingerprint density at radius 1 is 1.26 bits per heavy atom. The minimum absolute atomic E-state index is 0.223. The number of pyridine rings is 1. The van der Waals surface area contributed by atoms with E-state index in [1.165, 1.54) is 0 Å². The van der Waals surface area contributed by atoms with Crippen LogP contribution in [0.3, 0.4) is 0 Å².